The van der Waals surface area contributed by atoms with E-state index in [0.29, 0.717) is 52.5 Å². The summed E-state index contributed by atoms with van der Waals surface area (Å²) >= 11 is 6.71. The zero-order chi connectivity index (χ0) is 23.1. The van der Waals surface area contributed by atoms with E-state index in [4.69, 9.17) is 26.7 Å². The summed E-state index contributed by atoms with van der Waals surface area (Å²) in [5.74, 6) is 0.380. The average Bonchev–Trinajstić information content (AvgIpc) is 3.39. The van der Waals surface area contributed by atoms with Crippen molar-refractivity contribution >= 4 is 51.7 Å². The number of carbonyl (C=O) groups is 1. The highest BCUT2D eigenvalue weighted by atomic mass is 32.2. The Kier molecular flexibility index (Phi) is 6.26. The second kappa shape index (κ2) is 9.17. The van der Waals surface area contributed by atoms with Crippen molar-refractivity contribution in [3.05, 3.63) is 45.2 Å². The molecule has 0 N–H and O–H groups in total. The number of aromatic nitrogens is 2. The number of hydrogen-bond acceptors (Lipinski definition) is 8. The first-order valence-electron chi connectivity index (χ1n) is 11.2. The molecule has 3 atom stereocenters. The van der Waals surface area contributed by atoms with E-state index in [-0.39, 0.29) is 29.8 Å². The zero-order valence-corrected chi connectivity index (χ0v) is 20.2. The van der Waals surface area contributed by atoms with Crippen LogP contribution in [0.1, 0.15) is 32.3 Å². The van der Waals surface area contributed by atoms with Gasteiger partial charge < -0.3 is 14.4 Å². The topological polar surface area (TPSA) is 76.4 Å². The summed E-state index contributed by atoms with van der Waals surface area (Å²) in [6.07, 6.45) is 5.28. The smallest absolute Gasteiger partial charge is 0.267 e. The molecule has 0 aromatic carbocycles. The molecule has 3 fully saturated rings. The summed E-state index contributed by atoms with van der Waals surface area (Å²) in [4.78, 5) is 35.6. The van der Waals surface area contributed by atoms with Gasteiger partial charge in [0.05, 0.1) is 35.3 Å². The van der Waals surface area contributed by atoms with Crippen LogP contribution in [0.15, 0.2) is 34.1 Å². The first-order chi connectivity index (χ1) is 15.9. The minimum atomic E-state index is -0.216. The number of rotatable bonds is 4. The van der Waals surface area contributed by atoms with Gasteiger partial charge >= 0.3 is 0 Å². The van der Waals surface area contributed by atoms with Crippen molar-refractivity contribution < 1.29 is 14.3 Å². The molecule has 0 bridgehead atoms. The maximum Gasteiger partial charge on any atom is 0.267 e. The van der Waals surface area contributed by atoms with Crippen molar-refractivity contribution in [2.75, 3.05) is 31.1 Å². The fraction of sp³-hybridized carbons (Fsp3) is 0.478. The van der Waals surface area contributed by atoms with Gasteiger partial charge in [-0.3, -0.25) is 18.9 Å². The highest BCUT2D eigenvalue weighted by Crippen LogP contribution is 2.34. The van der Waals surface area contributed by atoms with E-state index >= 15 is 0 Å². The minimum absolute atomic E-state index is 0.00208. The van der Waals surface area contributed by atoms with Crippen LogP contribution in [0.3, 0.4) is 0 Å². The number of ether oxygens (including phenoxy) is 2. The van der Waals surface area contributed by atoms with E-state index in [1.807, 2.05) is 26.0 Å². The molecule has 5 heterocycles. The molecule has 0 spiro atoms. The quantitative estimate of drug-likeness (QED) is 0.482. The Labute approximate surface area is 201 Å². The molecule has 2 aromatic heterocycles. The highest BCUT2D eigenvalue weighted by Gasteiger charge is 2.35. The van der Waals surface area contributed by atoms with Gasteiger partial charge in [0, 0.05) is 25.9 Å². The Morgan fingerprint density at radius 1 is 1.24 bits per heavy atom. The summed E-state index contributed by atoms with van der Waals surface area (Å²) in [5, 5.41) is 0. The lowest BCUT2D eigenvalue weighted by atomic mass is 10.1. The number of hydrogen-bond donors (Lipinski definition) is 0. The van der Waals surface area contributed by atoms with Crippen LogP contribution >= 0.6 is 24.0 Å². The Bertz CT molecular complexity index is 1180. The van der Waals surface area contributed by atoms with E-state index in [1.54, 1.807) is 23.2 Å². The third-order valence-corrected chi connectivity index (χ3v) is 7.41. The van der Waals surface area contributed by atoms with Gasteiger partial charge in [0.15, 0.2) is 0 Å². The molecule has 8 nitrogen and oxygen atoms in total. The summed E-state index contributed by atoms with van der Waals surface area (Å²) in [5.41, 5.74) is 0.733. The van der Waals surface area contributed by atoms with E-state index in [2.05, 4.69) is 4.90 Å². The van der Waals surface area contributed by atoms with Crippen LogP contribution in [-0.2, 0) is 14.3 Å². The molecule has 3 unspecified atom stereocenters. The molecule has 0 saturated carbocycles. The Balaban J connectivity index is 1.56. The van der Waals surface area contributed by atoms with Crippen molar-refractivity contribution in [1.82, 2.24) is 14.3 Å². The van der Waals surface area contributed by atoms with Gasteiger partial charge in [-0.25, -0.2) is 4.98 Å². The predicted molar refractivity (Wildman–Crippen MR) is 133 cm³/mol. The number of pyridine rings is 1. The predicted octanol–water partition coefficient (Wildman–Crippen LogP) is 2.69. The maximum absolute atomic E-state index is 13.5. The Hall–Kier alpha value is -2.27. The SMILES string of the molecule is CC1CN(c2nc3ccccn3c(=O)c2/C=C2/SC(=S)N(CC3CCCO3)C2=O)CC(C)O1. The summed E-state index contributed by atoms with van der Waals surface area (Å²) in [7, 11) is 0. The molecule has 5 rings (SSSR count). The first kappa shape index (κ1) is 22.5. The number of amides is 1. The third kappa shape index (κ3) is 4.44. The van der Waals surface area contributed by atoms with Crippen molar-refractivity contribution in [2.24, 2.45) is 0 Å². The second-order valence-electron chi connectivity index (χ2n) is 8.67. The van der Waals surface area contributed by atoms with Crippen molar-refractivity contribution in [3.8, 4) is 0 Å². The molecular weight excluding hydrogens is 460 g/mol. The molecular formula is C23H26N4O4S2. The van der Waals surface area contributed by atoms with E-state index in [1.165, 1.54) is 16.2 Å². The number of thioether (sulfide) groups is 1. The monoisotopic (exact) mass is 486 g/mol. The standard InChI is InChI=1S/C23H26N4O4S2/c1-14-11-25(12-15(2)31-14)20-17(21(28)26-8-4-3-7-19(26)24-20)10-18-22(29)27(23(32)33-18)13-16-6-5-9-30-16/h3-4,7-8,10,14-16H,5-6,9,11-13H2,1-2H3/b18-10+. The molecule has 0 radical (unpaired) electrons. The van der Waals surface area contributed by atoms with Crippen LogP contribution in [-0.4, -0.2) is 69.1 Å². The lowest BCUT2D eigenvalue weighted by molar-refractivity contribution is -0.123. The normalized spacial score (nSPS) is 27.3. The van der Waals surface area contributed by atoms with Gasteiger partial charge in [-0.15, -0.1) is 0 Å². The number of thiocarbonyl (C=S) groups is 1. The Morgan fingerprint density at radius 2 is 2.03 bits per heavy atom. The summed E-state index contributed by atoms with van der Waals surface area (Å²) < 4.78 is 13.6. The zero-order valence-electron chi connectivity index (χ0n) is 18.6. The van der Waals surface area contributed by atoms with Crippen LogP contribution in [0.25, 0.3) is 11.7 Å². The number of morpholine rings is 1. The Morgan fingerprint density at radius 3 is 2.76 bits per heavy atom. The molecule has 2 aromatic rings. The molecule has 1 amide bonds. The number of anilines is 1. The van der Waals surface area contributed by atoms with E-state index in [9.17, 15) is 9.59 Å². The molecule has 10 heteroatoms. The summed E-state index contributed by atoms with van der Waals surface area (Å²) in [6, 6.07) is 5.45. The molecule has 3 saturated heterocycles. The van der Waals surface area contributed by atoms with E-state index < -0.39 is 0 Å². The number of nitrogens with zero attached hydrogens (tertiary/aromatic N) is 4. The van der Waals surface area contributed by atoms with Crippen LogP contribution < -0.4 is 10.5 Å². The molecule has 174 valence electrons. The third-order valence-electron chi connectivity index (χ3n) is 6.03. The van der Waals surface area contributed by atoms with Crippen LogP contribution in [0.4, 0.5) is 5.82 Å². The van der Waals surface area contributed by atoms with Crippen molar-refractivity contribution in [1.29, 1.82) is 0 Å². The number of fused-ring (bicyclic) bond motifs is 1. The van der Waals surface area contributed by atoms with Gasteiger partial charge in [-0.2, -0.15) is 0 Å². The van der Waals surface area contributed by atoms with E-state index in [0.717, 1.165) is 12.8 Å². The van der Waals surface area contributed by atoms with Crippen LogP contribution in [0, 0.1) is 0 Å². The lowest BCUT2D eigenvalue weighted by Crippen LogP contribution is -2.46. The average molecular weight is 487 g/mol. The van der Waals surface area contributed by atoms with Gasteiger partial charge in [0.25, 0.3) is 11.5 Å². The molecule has 33 heavy (non-hydrogen) atoms. The molecule has 3 aliphatic heterocycles. The number of carbonyl (C=O) groups excluding carboxylic acids is 1. The highest BCUT2D eigenvalue weighted by molar-refractivity contribution is 8.26. The summed E-state index contributed by atoms with van der Waals surface area (Å²) in [6.45, 7) is 6.40. The first-order valence-corrected chi connectivity index (χ1v) is 12.4. The van der Waals surface area contributed by atoms with Crippen molar-refractivity contribution in [2.45, 2.75) is 45.0 Å². The minimum Gasteiger partial charge on any atom is -0.376 e. The second-order valence-corrected chi connectivity index (χ2v) is 10.3. The largest absolute Gasteiger partial charge is 0.376 e. The molecule has 3 aliphatic rings. The van der Waals surface area contributed by atoms with Gasteiger partial charge in [0.2, 0.25) is 0 Å². The fourth-order valence-corrected chi connectivity index (χ4v) is 5.85. The lowest BCUT2D eigenvalue weighted by Gasteiger charge is -2.36. The molecule has 0 aliphatic carbocycles. The van der Waals surface area contributed by atoms with Gasteiger partial charge in [-0.1, -0.05) is 30.0 Å². The van der Waals surface area contributed by atoms with Crippen LogP contribution in [0.5, 0.6) is 0 Å². The fourth-order valence-electron chi connectivity index (χ4n) is 4.59. The van der Waals surface area contributed by atoms with Crippen molar-refractivity contribution in [3.63, 3.8) is 0 Å². The van der Waals surface area contributed by atoms with Gasteiger partial charge in [0.1, 0.15) is 15.8 Å². The van der Waals surface area contributed by atoms with Crippen LogP contribution in [0.2, 0.25) is 0 Å². The van der Waals surface area contributed by atoms with Gasteiger partial charge in [-0.05, 0) is 44.9 Å². The maximum atomic E-state index is 13.5.